The van der Waals surface area contributed by atoms with Gasteiger partial charge in [-0.2, -0.15) is 0 Å². The molecule has 0 radical (unpaired) electrons. The maximum atomic E-state index is 5.28. The fourth-order valence-corrected chi connectivity index (χ4v) is 6.24. The summed E-state index contributed by atoms with van der Waals surface area (Å²) in [4.78, 5) is 10.5. The van der Waals surface area contributed by atoms with Crippen molar-refractivity contribution in [3.63, 3.8) is 0 Å². The molecule has 0 N–H and O–H groups in total. The lowest BCUT2D eigenvalue weighted by Crippen LogP contribution is -2.03. The van der Waals surface area contributed by atoms with Crippen molar-refractivity contribution in [3.8, 4) is 39.6 Å². The van der Waals surface area contributed by atoms with Crippen LogP contribution in [0, 0.1) is 0 Å². The Morgan fingerprint density at radius 3 is 1.67 bits per heavy atom. The molecule has 0 aliphatic rings. The summed E-state index contributed by atoms with van der Waals surface area (Å²) < 4.78 is 3.33. The number of nitrogens with zero attached hydrogens (tertiary/aromatic N) is 3. The molecule has 0 aliphatic heterocycles. The van der Waals surface area contributed by atoms with Crippen LogP contribution in [0.4, 0.5) is 0 Å². The van der Waals surface area contributed by atoms with Crippen LogP contribution in [0.5, 0.6) is 0 Å². The number of halogens is 1. The van der Waals surface area contributed by atoms with Crippen molar-refractivity contribution in [2.45, 2.75) is 0 Å². The van der Waals surface area contributed by atoms with Crippen molar-refractivity contribution in [1.82, 2.24) is 14.5 Å². The smallest absolute Gasteiger partial charge is 0.162 e. The van der Waals surface area contributed by atoms with E-state index in [9.17, 15) is 0 Å². The summed E-state index contributed by atoms with van der Waals surface area (Å²) in [6.07, 6.45) is 0. The standard InChI is InChI=1S/C38H24BrN3/c39-27-20-18-25(19-21-27)28-22-23-33(30-13-5-4-12-29(28)30)38-40-34(26-10-2-1-3-11-26)24-37(41-38)42-35-16-8-6-14-31(35)32-15-7-9-17-36(32)42/h1-24H. The predicted octanol–water partition coefficient (Wildman–Crippen LogP) is 10.5. The molecule has 0 spiro atoms. The average molecular weight is 603 g/mol. The Bertz CT molecular complexity index is 2200. The first-order chi connectivity index (χ1) is 20.7. The largest absolute Gasteiger partial charge is 0.294 e. The van der Waals surface area contributed by atoms with E-state index >= 15 is 0 Å². The van der Waals surface area contributed by atoms with E-state index in [1.807, 2.05) is 6.07 Å². The first kappa shape index (κ1) is 24.7. The van der Waals surface area contributed by atoms with Gasteiger partial charge in [-0.3, -0.25) is 4.57 Å². The van der Waals surface area contributed by atoms with Crippen LogP contribution < -0.4 is 0 Å². The third kappa shape index (κ3) is 4.11. The van der Waals surface area contributed by atoms with Crippen LogP contribution in [-0.4, -0.2) is 14.5 Å². The summed E-state index contributed by atoms with van der Waals surface area (Å²) in [6.45, 7) is 0. The normalized spacial score (nSPS) is 11.5. The predicted molar refractivity (Wildman–Crippen MR) is 178 cm³/mol. The molecular formula is C38H24BrN3. The Hall–Kier alpha value is -5.06. The molecule has 2 heterocycles. The SMILES string of the molecule is Brc1ccc(-c2ccc(-c3nc(-c4ccccc4)cc(-n4c5ccccc5c5ccccc54)n3)c3ccccc23)cc1. The van der Waals surface area contributed by atoms with Crippen molar-refractivity contribution in [3.05, 3.63) is 150 Å². The Labute approximate surface area is 251 Å². The zero-order valence-corrected chi connectivity index (χ0v) is 24.2. The summed E-state index contributed by atoms with van der Waals surface area (Å²) in [5.41, 5.74) is 7.55. The van der Waals surface area contributed by atoms with E-state index in [2.05, 4.69) is 160 Å². The topological polar surface area (TPSA) is 30.7 Å². The van der Waals surface area contributed by atoms with Gasteiger partial charge in [0.1, 0.15) is 5.82 Å². The summed E-state index contributed by atoms with van der Waals surface area (Å²) >= 11 is 3.57. The Morgan fingerprint density at radius 2 is 1.00 bits per heavy atom. The molecule has 0 unspecified atom stereocenters. The lowest BCUT2D eigenvalue weighted by molar-refractivity contribution is 1.05. The van der Waals surface area contributed by atoms with Crippen LogP contribution in [-0.2, 0) is 0 Å². The highest BCUT2D eigenvalue weighted by atomic mass is 79.9. The second-order valence-corrected chi connectivity index (χ2v) is 11.3. The van der Waals surface area contributed by atoms with Gasteiger partial charge in [0.05, 0.1) is 16.7 Å². The van der Waals surface area contributed by atoms with E-state index in [0.29, 0.717) is 5.82 Å². The van der Waals surface area contributed by atoms with Gasteiger partial charge in [0.15, 0.2) is 5.82 Å². The minimum Gasteiger partial charge on any atom is -0.294 e. The number of benzene rings is 6. The minimum atomic E-state index is 0.701. The zero-order chi connectivity index (χ0) is 28.0. The lowest BCUT2D eigenvalue weighted by atomic mass is 9.94. The van der Waals surface area contributed by atoms with Crippen LogP contribution >= 0.6 is 15.9 Å². The minimum absolute atomic E-state index is 0.701. The van der Waals surface area contributed by atoms with Gasteiger partial charge in [-0.15, -0.1) is 0 Å². The van der Waals surface area contributed by atoms with Crippen LogP contribution in [0.3, 0.4) is 0 Å². The van der Waals surface area contributed by atoms with Gasteiger partial charge < -0.3 is 0 Å². The average Bonchev–Trinajstić information content (AvgIpc) is 3.39. The van der Waals surface area contributed by atoms with Gasteiger partial charge in [-0.1, -0.05) is 125 Å². The summed E-state index contributed by atoms with van der Waals surface area (Å²) in [6, 6.07) is 50.9. The van der Waals surface area contributed by atoms with Gasteiger partial charge in [-0.05, 0) is 52.2 Å². The fourth-order valence-electron chi connectivity index (χ4n) is 5.97. The molecule has 8 rings (SSSR count). The molecule has 0 fully saturated rings. The van der Waals surface area contributed by atoms with E-state index in [1.54, 1.807) is 0 Å². The number of para-hydroxylation sites is 2. The van der Waals surface area contributed by atoms with Crippen LogP contribution in [0.1, 0.15) is 0 Å². The molecule has 0 atom stereocenters. The summed E-state index contributed by atoms with van der Waals surface area (Å²) in [5, 5.41) is 4.71. The summed E-state index contributed by atoms with van der Waals surface area (Å²) in [5.74, 6) is 1.55. The Kier molecular flexibility index (Phi) is 5.94. The van der Waals surface area contributed by atoms with E-state index in [0.717, 1.165) is 43.5 Å². The molecule has 0 saturated heterocycles. The van der Waals surface area contributed by atoms with Crippen molar-refractivity contribution in [2.24, 2.45) is 0 Å². The van der Waals surface area contributed by atoms with Gasteiger partial charge in [0, 0.05) is 32.4 Å². The number of rotatable bonds is 4. The summed E-state index contributed by atoms with van der Waals surface area (Å²) in [7, 11) is 0. The second kappa shape index (κ2) is 10.1. The molecule has 4 heteroatoms. The highest BCUT2D eigenvalue weighted by Gasteiger charge is 2.18. The third-order valence-electron chi connectivity index (χ3n) is 7.91. The molecule has 0 aliphatic carbocycles. The van der Waals surface area contributed by atoms with Crippen molar-refractivity contribution >= 4 is 48.5 Å². The molecule has 42 heavy (non-hydrogen) atoms. The molecule has 2 aromatic heterocycles. The Balaban J connectivity index is 1.41. The number of fused-ring (bicyclic) bond motifs is 4. The van der Waals surface area contributed by atoms with E-state index in [4.69, 9.17) is 9.97 Å². The number of hydrogen-bond acceptors (Lipinski definition) is 2. The lowest BCUT2D eigenvalue weighted by Gasteiger charge is -2.15. The number of hydrogen-bond donors (Lipinski definition) is 0. The molecule has 8 aromatic rings. The molecule has 198 valence electrons. The molecule has 3 nitrogen and oxygen atoms in total. The Morgan fingerprint density at radius 1 is 0.452 bits per heavy atom. The molecule has 6 aromatic carbocycles. The number of aromatic nitrogens is 3. The van der Waals surface area contributed by atoms with Crippen molar-refractivity contribution in [2.75, 3.05) is 0 Å². The fraction of sp³-hybridized carbons (Fsp3) is 0. The second-order valence-electron chi connectivity index (χ2n) is 10.4. The first-order valence-corrected chi connectivity index (χ1v) is 14.7. The maximum Gasteiger partial charge on any atom is 0.162 e. The van der Waals surface area contributed by atoms with Gasteiger partial charge in [-0.25, -0.2) is 9.97 Å². The van der Waals surface area contributed by atoms with E-state index in [-0.39, 0.29) is 0 Å². The monoisotopic (exact) mass is 601 g/mol. The van der Waals surface area contributed by atoms with Crippen LogP contribution in [0.25, 0.3) is 72.2 Å². The first-order valence-electron chi connectivity index (χ1n) is 14.0. The molecular weight excluding hydrogens is 578 g/mol. The van der Waals surface area contributed by atoms with Crippen molar-refractivity contribution in [1.29, 1.82) is 0 Å². The van der Waals surface area contributed by atoms with Crippen molar-refractivity contribution < 1.29 is 0 Å². The quantitative estimate of drug-likeness (QED) is 0.201. The highest BCUT2D eigenvalue weighted by molar-refractivity contribution is 9.10. The maximum absolute atomic E-state index is 5.28. The molecule has 0 saturated carbocycles. The van der Waals surface area contributed by atoms with Gasteiger partial charge >= 0.3 is 0 Å². The van der Waals surface area contributed by atoms with Gasteiger partial charge in [0.25, 0.3) is 0 Å². The van der Waals surface area contributed by atoms with Crippen LogP contribution in [0.2, 0.25) is 0 Å². The molecule has 0 amide bonds. The van der Waals surface area contributed by atoms with Crippen LogP contribution in [0.15, 0.2) is 150 Å². The van der Waals surface area contributed by atoms with E-state index in [1.165, 1.54) is 27.3 Å². The van der Waals surface area contributed by atoms with Gasteiger partial charge in [0.2, 0.25) is 0 Å². The third-order valence-corrected chi connectivity index (χ3v) is 8.44. The van der Waals surface area contributed by atoms with E-state index < -0.39 is 0 Å². The highest BCUT2D eigenvalue weighted by Crippen LogP contribution is 2.37. The zero-order valence-electron chi connectivity index (χ0n) is 22.6. The molecule has 0 bridgehead atoms.